The van der Waals surface area contributed by atoms with Crippen molar-refractivity contribution in [3.63, 3.8) is 0 Å². The lowest BCUT2D eigenvalue weighted by molar-refractivity contribution is 0.250. The maximum atomic E-state index is 12.7. The largest absolute Gasteiger partial charge is 0.387 e. The first-order chi connectivity index (χ1) is 9.67. The molecule has 0 bridgehead atoms. The Bertz CT molecular complexity index is 737. The Morgan fingerprint density at radius 1 is 1.19 bits per heavy atom. The molecule has 0 heterocycles. The van der Waals surface area contributed by atoms with Crippen LogP contribution in [0.15, 0.2) is 28.0 Å². The van der Waals surface area contributed by atoms with Crippen LogP contribution < -0.4 is 5.32 Å². The molecule has 1 N–H and O–H groups in total. The third-order valence-electron chi connectivity index (χ3n) is 3.90. The molecule has 118 valence electrons. The van der Waals surface area contributed by atoms with Crippen molar-refractivity contribution in [3.05, 3.63) is 18.2 Å². The minimum Gasteiger partial charge on any atom is -0.387 e. The minimum absolute atomic E-state index is 0.00148. The van der Waals surface area contributed by atoms with E-state index in [-0.39, 0.29) is 15.8 Å². The van der Waals surface area contributed by atoms with Crippen molar-refractivity contribution in [3.8, 4) is 0 Å². The standard InChI is InChI=1S/C13H20N2O4S2/c1-14-12-8-7-11(20(3,16)17)9-13(12)21(18,19)15(2)10-5-4-6-10/h7-10,14H,4-6H2,1-3H3. The van der Waals surface area contributed by atoms with E-state index in [9.17, 15) is 16.8 Å². The van der Waals surface area contributed by atoms with Gasteiger partial charge in [0.2, 0.25) is 10.0 Å². The zero-order valence-electron chi connectivity index (χ0n) is 12.3. The summed E-state index contributed by atoms with van der Waals surface area (Å²) in [7, 11) is -4.02. The SMILES string of the molecule is CNc1ccc(S(C)(=O)=O)cc1S(=O)(=O)N(C)C1CCC1. The van der Waals surface area contributed by atoms with Gasteiger partial charge in [0, 0.05) is 26.4 Å². The first kappa shape index (κ1) is 16.3. The summed E-state index contributed by atoms with van der Waals surface area (Å²) in [5.41, 5.74) is 0.397. The summed E-state index contributed by atoms with van der Waals surface area (Å²) < 4.78 is 50.1. The van der Waals surface area contributed by atoms with Crippen LogP contribution in [0, 0.1) is 0 Å². The number of anilines is 1. The fourth-order valence-corrected chi connectivity index (χ4v) is 4.61. The number of nitrogens with zero attached hydrogens (tertiary/aromatic N) is 1. The summed E-state index contributed by atoms with van der Waals surface area (Å²) in [5.74, 6) is 0. The molecule has 1 saturated carbocycles. The highest BCUT2D eigenvalue weighted by Crippen LogP contribution is 2.32. The predicted octanol–water partition coefficient (Wildman–Crippen LogP) is 1.30. The fraction of sp³-hybridized carbons (Fsp3) is 0.538. The van der Waals surface area contributed by atoms with E-state index in [1.165, 1.54) is 22.5 Å². The van der Waals surface area contributed by atoms with Crippen molar-refractivity contribution in [2.45, 2.75) is 35.1 Å². The summed E-state index contributed by atoms with van der Waals surface area (Å²) in [5, 5.41) is 2.81. The highest BCUT2D eigenvalue weighted by molar-refractivity contribution is 7.91. The molecule has 0 spiro atoms. The molecule has 1 aromatic rings. The van der Waals surface area contributed by atoms with Crippen LogP contribution in [-0.2, 0) is 19.9 Å². The predicted molar refractivity (Wildman–Crippen MR) is 81.7 cm³/mol. The molecule has 21 heavy (non-hydrogen) atoms. The van der Waals surface area contributed by atoms with Gasteiger partial charge in [0.25, 0.3) is 0 Å². The van der Waals surface area contributed by atoms with Crippen LogP contribution in [0.25, 0.3) is 0 Å². The fourth-order valence-electron chi connectivity index (χ4n) is 2.25. The molecule has 1 aliphatic rings. The summed E-state index contributed by atoms with van der Waals surface area (Å²) in [6.07, 6.45) is 3.77. The van der Waals surface area contributed by atoms with E-state index in [0.29, 0.717) is 5.69 Å². The summed E-state index contributed by atoms with van der Waals surface area (Å²) >= 11 is 0. The second-order valence-electron chi connectivity index (χ2n) is 5.29. The van der Waals surface area contributed by atoms with Gasteiger partial charge in [-0.25, -0.2) is 16.8 Å². The van der Waals surface area contributed by atoms with Crippen molar-refractivity contribution in [2.75, 3.05) is 25.7 Å². The van der Waals surface area contributed by atoms with Gasteiger partial charge >= 0.3 is 0 Å². The van der Waals surface area contributed by atoms with Crippen molar-refractivity contribution < 1.29 is 16.8 Å². The molecular formula is C13H20N2O4S2. The molecule has 1 aliphatic carbocycles. The summed E-state index contributed by atoms with van der Waals surface area (Å²) in [6, 6.07) is 4.12. The van der Waals surface area contributed by atoms with E-state index in [1.54, 1.807) is 14.1 Å². The molecule has 0 amide bonds. The molecule has 1 aromatic carbocycles. The lowest BCUT2D eigenvalue weighted by atomic mass is 9.94. The maximum absolute atomic E-state index is 12.7. The Labute approximate surface area is 126 Å². The zero-order valence-corrected chi connectivity index (χ0v) is 14.0. The van der Waals surface area contributed by atoms with Crippen LogP contribution in [0.5, 0.6) is 0 Å². The van der Waals surface area contributed by atoms with E-state index in [1.807, 2.05) is 0 Å². The second-order valence-corrected chi connectivity index (χ2v) is 9.27. The molecule has 0 aromatic heterocycles. The Morgan fingerprint density at radius 3 is 2.24 bits per heavy atom. The van der Waals surface area contributed by atoms with Crippen LogP contribution in [0.3, 0.4) is 0 Å². The zero-order chi connectivity index (χ0) is 15.8. The number of sulfone groups is 1. The van der Waals surface area contributed by atoms with Crippen LogP contribution in [0.1, 0.15) is 19.3 Å². The van der Waals surface area contributed by atoms with Crippen LogP contribution in [0.2, 0.25) is 0 Å². The lowest BCUT2D eigenvalue weighted by Crippen LogP contribution is -2.41. The van der Waals surface area contributed by atoms with Crippen molar-refractivity contribution in [1.29, 1.82) is 0 Å². The molecule has 0 saturated heterocycles. The average molecular weight is 332 g/mol. The Hall–Kier alpha value is -1.12. The van der Waals surface area contributed by atoms with Crippen molar-refractivity contribution >= 4 is 25.5 Å². The van der Waals surface area contributed by atoms with Gasteiger partial charge < -0.3 is 5.32 Å². The summed E-state index contributed by atoms with van der Waals surface area (Å²) in [6.45, 7) is 0. The normalized spacial score (nSPS) is 16.8. The molecule has 0 radical (unpaired) electrons. The average Bonchev–Trinajstić information content (AvgIpc) is 2.34. The van der Waals surface area contributed by atoms with E-state index < -0.39 is 19.9 Å². The lowest BCUT2D eigenvalue weighted by Gasteiger charge is -2.34. The molecule has 1 fully saturated rings. The minimum atomic E-state index is -3.72. The number of sulfonamides is 1. The molecule has 2 rings (SSSR count). The maximum Gasteiger partial charge on any atom is 0.245 e. The van der Waals surface area contributed by atoms with Crippen LogP contribution in [0.4, 0.5) is 5.69 Å². The molecule has 6 nitrogen and oxygen atoms in total. The van der Waals surface area contributed by atoms with Crippen molar-refractivity contribution in [1.82, 2.24) is 4.31 Å². The van der Waals surface area contributed by atoms with Gasteiger partial charge in [-0.05, 0) is 31.0 Å². The topological polar surface area (TPSA) is 83.5 Å². The monoisotopic (exact) mass is 332 g/mol. The van der Waals surface area contributed by atoms with E-state index in [0.717, 1.165) is 25.5 Å². The van der Waals surface area contributed by atoms with Gasteiger partial charge in [-0.15, -0.1) is 0 Å². The van der Waals surface area contributed by atoms with Crippen LogP contribution >= 0.6 is 0 Å². The van der Waals surface area contributed by atoms with Crippen molar-refractivity contribution in [2.24, 2.45) is 0 Å². The molecule has 8 heteroatoms. The highest BCUT2D eigenvalue weighted by atomic mass is 32.2. The second kappa shape index (κ2) is 5.58. The molecule has 0 atom stereocenters. The number of hydrogen-bond acceptors (Lipinski definition) is 5. The Morgan fingerprint density at radius 2 is 1.81 bits per heavy atom. The first-order valence-corrected chi connectivity index (χ1v) is 10.0. The van der Waals surface area contributed by atoms with E-state index in [4.69, 9.17) is 0 Å². The highest BCUT2D eigenvalue weighted by Gasteiger charge is 2.33. The van der Waals surface area contributed by atoms with Crippen LogP contribution in [-0.4, -0.2) is 47.5 Å². The van der Waals surface area contributed by atoms with Gasteiger partial charge in [0.15, 0.2) is 9.84 Å². The number of rotatable bonds is 5. The summed E-state index contributed by atoms with van der Waals surface area (Å²) in [4.78, 5) is 0.00408. The number of benzene rings is 1. The van der Waals surface area contributed by atoms with Gasteiger partial charge in [-0.1, -0.05) is 6.42 Å². The smallest absolute Gasteiger partial charge is 0.245 e. The van der Waals surface area contributed by atoms with E-state index >= 15 is 0 Å². The third kappa shape index (κ3) is 3.07. The molecular weight excluding hydrogens is 312 g/mol. The van der Waals surface area contributed by atoms with Gasteiger partial charge in [-0.3, -0.25) is 0 Å². The Balaban J connectivity index is 2.54. The van der Waals surface area contributed by atoms with Gasteiger partial charge in [0.1, 0.15) is 4.90 Å². The van der Waals surface area contributed by atoms with Gasteiger partial charge in [0.05, 0.1) is 10.6 Å². The number of nitrogens with one attached hydrogen (secondary N) is 1. The first-order valence-electron chi connectivity index (χ1n) is 6.68. The Kier molecular flexibility index (Phi) is 4.32. The van der Waals surface area contributed by atoms with Gasteiger partial charge in [-0.2, -0.15) is 4.31 Å². The molecule has 0 aliphatic heterocycles. The number of hydrogen-bond donors (Lipinski definition) is 1. The van der Waals surface area contributed by atoms with E-state index in [2.05, 4.69) is 5.32 Å². The molecule has 0 unspecified atom stereocenters. The quantitative estimate of drug-likeness (QED) is 0.879. The third-order valence-corrected chi connectivity index (χ3v) is 6.96.